The number of nitrogens with zero attached hydrogens (tertiary/aromatic N) is 3. The average molecular weight is 456 g/mol. The lowest BCUT2D eigenvalue weighted by molar-refractivity contribution is -0.117. The SMILES string of the molecule is Nc1ccc(-c2ccccc2)cc1NC(=O)c1ccc(N2CCC3(CCN(C=O)C3)CC2)nc1. The molecule has 1 aromatic heterocycles. The number of likely N-dealkylation sites (tertiary alicyclic amines) is 1. The Hall–Kier alpha value is -3.87. The summed E-state index contributed by atoms with van der Waals surface area (Å²) in [6, 6.07) is 19.3. The highest BCUT2D eigenvalue weighted by Gasteiger charge is 2.40. The van der Waals surface area contributed by atoms with Gasteiger partial charge in [0.1, 0.15) is 5.82 Å². The molecule has 0 unspecified atom stereocenters. The van der Waals surface area contributed by atoms with Crippen molar-refractivity contribution in [1.29, 1.82) is 0 Å². The van der Waals surface area contributed by atoms with Crippen molar-refractivity contribution >= 4 is 29.5 Å². The molecule has 2 aromatic carbocycles. The van der Waals surface area contributed by atoms with E-state index in [-0.39, 0.29) is 11.3 Å². The van der Waals surface area contributed by atoms with E-state index in [0.29, 0.717) is 16.9 Å². The number of nitrogen functional groups attached to an aromatic ring is 1. The van der Waals surface area contributed by atoms with Crippen molar-refractivity contribution < 1.29 is 9.59 Å². The van der Waals surface area contributed by atoms with Gasteiger partial charge in [0.2, 0.25) is 6.41 Å². The molecule has 3 aromatic rings. The van der Waals surface area contributed by atoms with Gasteiger partial charge in [-0.3, -0.25) is 9.59 Å². The van der Waals surface area contributed by atoms with Crippen molar-refractivity contribution in [3.63, 3.8) is 0 Å². The minimum atomic E-state index is -0.242. The predicted octanol–water partition coefficient (Wildman–Crippen LogP) is 4.03. The number of carbonyl (C=O) groups excluding carboxylic acids is 2. The van der Waals surface area contributed by atoms with Crippen LogP contribution in [0.1, 0.15) is 29.6 Å². The van der Waals surface area contributed by atoms with Crippen LogP contribution in [0.3, 0.4) is 0 Å². The van der Waals surface area contributed by atoms with Crippen LogP contribution in [-0.2, 0) is 4.79 Å². The van der Waals surface area contributed by atoms with Crippen LogP contribution in [0.15, 0.2) is 66.9 Å². The fourth-order valence-corrected chi connectivity index (χ4v) is 5.05. The average Bonchev–Trinajstić information content (AvgIpc) is 3.29. The third kappa shape index (κ3) is 4.46. The molecule has 3 N–H and O–H groups in total. The second kappa shape index (κ2) is 9.17. The fourth-order valence-electron chi connectivity index (χ4n) is 5.05. The Labute approximate surface area is 199 Å². The van der Waals surface area contributed by atoms with E-state index in [2.05, 4.69) is 15.2 Å². The number of hydrogen-bond acceptors (Lipinski definition) is 5. The molecule has 2 aliphatic heterocycles. The second-order valence-corrected chi connectivity index (χ2v) is 9.34. The van der Waals surface area contributed by atoms with Crippen LogP contribution in [0.5, 0.6) is 0 Å². The minimum Gasteiger partial charge on any atom is -0.397 e. The maximum absolute atomic E-state index is 12.9. The quantitative estimate of drug-likeness (QED) is 0.448. The molecule has 1 spiro atoms. The van der Waals surface area contributed by atoms with E-state index in [1.807, 2.05) is 59.5 Å². The molecule has 34 heavy (non-hydrogen) atoms. The molecule has 0 aliphatic carbocycles. The molecule has 0 atom stereocenters. The van der Waals surface area contributed by atoms with Gasteiger partial charge in [-0.15, -0.1) is 0 Å². The van der Waals surface area contributed by atoms with Crippen molar-refractivity contribution in [3.8, 4) is 11.1 Å². The Morgan fingerprint density at radius 1 is 0.971 bits per heavy atom. The molecule has 2 fully saturated rings. The van der Waals surface area contributed by atoms with Crippen molar-refractivity contribution in [2.24, 2.45) is 5.41 Å². The molecule has 3 heterocycles. The molecule has 2 amide bonds. The summed E-state index contributed by atoms with van der Waals surface area (Å²) < 4.78 is 0. The van der Waals surface area contributed by atoms with E-state index in [1.165, 1.54) is 0 Å². The molecule has 0 bridgehead atoms. The standard InChI is InChI=1S/C27H29N5O2/c28-23-8-6-21(20-4-2-1-3-5-20)16-24(23)30-26(34)22-7-9-25(29-17-22)32-14-11-27(12-15-32)10-13-31(18-27)19-33/h1-9,16-17,19H,10-15,18,28H2,(H,30,34). The van der Waals surface area contributed by atoms with Gasteiger partial charge in [0.05, 0.1) is 16.9 Å². The first-order chi connectivity index (χ1) is 16.5. The maximum atomic E-state index is 12.9. The number of amides is 2. The van der Waals surface area contributed by atoms with Crippen LogP contribution in [0.2, 0.25) is 0 Å². The summed E-state index contributed by atoms with van der Waals surface area (Å²) in [7, 11) is 0. The van der Waals surface area contributed by atoms with Gasteiger partial charge in [0, 0.05) is 32.4 Å². The highest BCUT2D eigenvalue weighted by atomic mass is 16.1. The van der Waals surface area contributed by atoms with E-state index < -0.39 is 0 Å². The van der Waals surface area contributed by atoms with E-state index in [9.17, 15) is 9.59 Å². The molecule has 0 radical (unpaired) electrons. The summed E-state index contributed by atoms with van der Waals surface area (Å²) in [5, 5.41) is 2.93. The molecular weight excluding hydrogens is 426 g/mol. The Bertz CT molecular complexity index is 1170. The third-order valence-corrected chi connectivity index (χ3v) is 7.18. The van der Waals surface area contributed by atoms with Crippen LogP contribution in [-0.4, -0.2) is 48.4 Å². The zero-order valence-electron chi connectivity index (χ0n) is 19.1. The smallest absolute Gasteiger partial charge is 0.257 e. The Kier molecular flexibility index (Phi) is 5.92. The minimum absolute atomic E-state index is 0.242. The zero-order valence-corrected chi connectivity index (χ0v) is 19.1. The molecule has 5 rings (SSSR count). The summed E-state index contributed by atoms with van der Waals surface area (Å²) >= 11 is 0. The highest BCUT2D eigenvalue weighted by Crippen LogP contribution is 2.40. The van der Waals surface area contributed by atoms with Crippen LogP contribution in [0.4, 0.5) is 17.2 Å². The van der Waals surface area contributed by atoms with E-state index in [0.717, 1.165) is 68.8 Å². The second-order valence-electron chi connectivity index (χ2n) is 9.34. The molecule has 7 nitrogen and oxygen atoms in total. The Balaban J connectivity index is 1.23. The van der Waals surface area contributed by atoms with Crippen molar-refractivity contribution in [2.75, 3.05) is 42.1 Å². The number of hydrogen-bond donors (Lipinski definition) is 2. The zero-order chi connectivity index (χ0) is 23.5. The number of anilines is 3. The molecular formula is C27H29N5O2. The molecule has 7 heteroatoms. The summed E-state index contributed by atoms with van der Waals surface area (Å²) in [5.74, 6) is 0.635. The number of carbonyl (C=O) groups is 2. The normalized spacial score (nSPS) is 17.1. The van der Waals surface area contributed by atoms with Gasteiger partial charge in [-0.1, -0.05) is 36.4 Å². The van der Waals surface area contributed by atoms with Crippen molar-refractivity contribution in [3.05, 3.63) is 72.4 Å². The van der Waals surface area contributed by atoms with Crippen LogP contribution >= 0.6 is 0 Å². The number of aromatic nitrogens is 1. The molecule has 2 saturated heterocycles. The lowest BCUT2D eigenvalue weighted by atomic mass is 9.78. The van der Waals surface area contributed by atoms with E-state index >= 15 is 0 Å². The monoisotopic (exact) mass is 455 g/mol. The molecule has 2 aliphatic rings. The number of rotatable bonds is 5. The molecule has 174 valence electrons. The summed E-state index contributed by atoms with van der Waals surface area (Å²) in [5.41, 5.74) is 10.0. The number of nitrogens with two attached hydrogens (primary N) is 1. The topological polar surface area (TPSA) is 91.6 Å². The van der Waals surface area contributed by atoms with Gasteiger partial charge in [-0.05, 0) is 60.1 Å². The lowest BCUT2D eigenvalue weighted by Crippen LogP contribution is -2.41. The summed E-state index contributed by atoms with van der Waals surface area (Å²) in [4.78, 5) is 32.7. The van der Waals surface area contributed by atoms with Gasteiger partial charge in [-0.2, -0.15) is 0 Å². The maximum Gasteiger partial charge on any atom is 0.257 e. The van der Waals surface area contributed by atoms with E-state index in [4.69, 9.17) is 5.73 Å². The van der Waals surface area contributed by atoms with Gasteiger partial charge in [-0.25, -0.2) is 4.98 Å². The van der Waals surface area contributed by atoms with Crippen molar-refractivity contribution in [1.82, 2.24) is 9.88 Å². The Morgan fingerprint density at radius 3 is 2.41 bits per heavy atom. The van der Waals surface area contributed by atoms with Crippen molar-refractivity contribution in [2.45, 2.75) is 19.3 Å². The largest absolute Gasteiger partial charge is 0.397 e. The predicted molar refractivity (Wildman–Crippen MR) is 135 cm³/mol. The first-order valence-electron chi connectivity index (χ1n) is 11.7. The summed E-state index contributed by atoms with van der Waals surface area (Å²) in [6.45, 7) is 3.55. The number of nitrogens with one attached hydrogen (secondary N) is 1. The van der Waals surface area contributed by atoms with Crippen LogP contribution in [0.25, 0.3) is 11.1 Å². The molecule has 0 saturated carbocycles. The Morgan fingerprint density at radius 2 is 1.74 bits per heavy atom. The van der Waals surface area contributed by atoms with Crippen LogP contribution < -0.4 is 16.0 Å². The number of benzene rings is 2. The van der Waals surface area contributed by atoms with Gasteiger partial charge >= 0.3 is 0 Å². The van der Waals surface area contributed by atoms with Gasteiger partial charge in [0.15, 0.2) is 0 Å². The summed E-state index contributed by atoms with van der Waals surface area (Å²) in [6.07, 6.45) is 5.78. The van der Waals surface area contributed by atoms with Gasteiger partial charge in [0.25, 0.3) is 5.91 Å². The lowest BCUT2D eigenvalue weighted by Gasteiger charge is -2.39. The van der Waals surface area contributed by atoms with E-state index in [1.54, 1.807) is 12.3 Å². The first-order valence-corrected chi connectivity index (χ1v) is 11.7. The fraction of sp³-hybridized carbons (Fsp3) is 0.296. The number of piperidine rings is 1. The van der Waals surface area contributed by atoms with Gasteiger partial charge < -0.3 is 20.9 Å². The first kappa shape index (κ1) is 21.9. The highest BCUT2D eigenvalue weighted by molar-refractivity contribution is 6.06. The third-order valence-electron chi connectivity index (χ3n) is 7.18. The number of pyridine rings is 1. The van der Waals surface area contributed by atoms with Crippen LogP contribution in [0, 0.1) is 5.41 Å².